The predicted octanol–water partition coefficient (Wildman–Crippen LogP) is -0.0147. The molecular formula is C11H17N3O3S. The number of benzene rings is 1. The van der Waals surface area contributed by atoms with E-state index in [9.17, 15) is 8.42 Å². The first-order chi connectivity index (χ1) is 8.47. The summed E-state index contributed by atoms with van der Waals surface area (Å²) in [6, 6.07) is 5.16. The molecule has 1 aliphatic rings. The van der Waals surface area contributed by atoms with Crippen molar-refractivity contribution < 1.29 is 13.2 Å². The van der Waals surface area contributed by atoms with Crippen molar-refractivity contribution in [2.24, 2.45) is 5.73 Å². The van der Waals surface area contributed by atoms with Crippen LogP contribution in [-0.2, 0) is 10.2 Å². The van der Waals surface area contributed by atoms with Gasteiger partial charge in [-0.3, -0.25) is 4.31 Å². The number of nitrogens with zero attached hydrogens (tertiary/aromatic N) is 1. The van der Waals surface area contributed by atoms with E-state index >= 15 is 0 Å². The molecule has 1 saturated heterocycles. The second-order valence-corrected chi connectivity index (χ2v) is 5.89. The van der Waals surface area contributed by atoms with Gasteiger partial charge in [0.25, 0.3) is 0 Å². The van der Waals surface area contributed by atoms with E-state index in [1.807, 2.05) is 13.0 Å². The largest absolute Gasteiger partial charge is 0.495 e. The number of hydrogen-bond acceptors (Lipinski definition) is 4. The van der Waals surface area contributed by atoms with E-state index in [0.29, 0.717) is 18.0 Å². The molecule has 0 amide bonds. The van der Waals surface area contributed by atoms with Crippen LogP contribution in [0.25, 0.3) is 0 Å². The van der Waals surface area contributed by atoms with Gasteiger partial charge in [-0.15, -0.1) is 0 Å². The lowest BCUT2D eigenvalue weighted by molar-refractivity contribution is 0.415. The average molecular weight is 271 g/mol. The molecule has 0 bridgehead atoms. The summed E-state index contributed by atoms with van der Waals surface area (Å²) in [6.45, 7) is 2.49. The summed E-state index contributed by atoms with van der Waals surface area (Å²) in [6.07, 6.45) is 0. The Balaban J connectivity index is 2.45. The van der Waals surface area contributed by atoms with Crippen LogP contribution in [0.2, 0.25) is 0 Å². The highest BCUT2D eigenvalue weighted by atomic mass is 32.2. The number of hydrogen-bond donors (Lipinski definition) is 2. The zero-order chi connectivity index (χ0) is 13.3. The van der Waals surface area contributed by atoms with Crippen LogP contribution in [0.3, 0.4) is 0 Å². The minimum atomic E-state index is -3.53. The third-order valence-corrected chi connectivity index (χ3v) is 4.44. The molecule has 1 fully saturated rings. The fraction of sp³-hybridized carbons (Fsp3) is 0.455. The third kappa shape index (κ3) is 2.29. The lowest BCUT2D eigenvalue weighted by atomic mass is 10.2. The van der Waals surface area contributed by atoms with Crippen LogP contribution in [0.1, 0.15) is 5.56 Å². The van der Waals surface area contributed by atoms with Crippen molar-refractivity contribution >= 4 is 15.9 Å². The molecule has 1 aromatic rings. The van der Waals surface area contributed by atoms with Gasteiger partial charge in [-0.25, -0.2) is 0 Å². The van der Waals surface area contributed by atoms with Crippen LogP contribution in [-0.4, -0.2) is 34.7 Å². The highest BCUT2D eigenvalue weighted by Crippen LogP contribution is 2.32. The Hall–Kier alpha value is -1.31. The highest BCUT2D eigenvalue weighted by molar-refractivity contribution is 7.91. The Bertz CT molecular complexity index is 544. The molecule has 18 heavy (non-hydrogen) atoms. The summed E-state index contributed by atoms with van der Waals surface area (Å²) in [5.41, 5.74) is 7.02. The van der Waals surface area contributed by atoms with E-state index in [4.69, 9.17) is 10.5 Å². The summed E-state index contributed by atoms with van der Waals surface area (Å²) in [7, 11) is -2.01. The van der Waals surface area contributed by atoms with Crippen LogP contribution in [0.5, 0.6) is 5.75 Å². The standard InChI is InChI=1S/C11H17N3O3S/c1-8-3-4-11(17-2)10(5-8)14-7-9(6-12)13-18(14,15)16/h3-5,9,13H,6-7,12H2,1-2H3. The average Bonchev–Trinajstić information content (AvgIpc) is 2.64. The number of methoxy groups -OCH3 is 1. The smallest absolute Gasteiger partial charge is 0.302 e. The monoisotopic (exact) mass is 271 g/mol. The van der Waals surface area contributed by atoms with Crippen LogP contribution >= 0.6 is 0 Å². The van der Waals surface area contributed by atoms with Crippen molar-refractivity contribution in [3.8, 4) is 5.75 Å². The summed E-state index contributed by atoms with van der Waals surface area (Å²) in [5.74, 6) is 0.531. The zero-order valence-electron chi connectivity index (χ0n) is 10.4. The molecule has 2 rings (SSSR count). The number of rotatable bonds is 3. The van der Waals surface area contributed by atoms with Crippen molar-refractivity contribution in [1.29, 1.82) is 0 Å². The minimum Gasteiger partial charge on any atom is -0.495 e. The van der Waals surface area contributed by atoms with Crippen molar-refractivity contribution in [3.05, 3.63) is 23.8 Å². The third-order valence-electron chi connectivity index (χ3n) is 2.88. The van der Waals surface area contributed by atoms with Gasteiger partial charge >= 0.3 is 10.2 Å². The maximum absolute atomic E-state index is 12.0. The Kier molecular flexibility index (Phi) is 3.47. The Labute approximate surface area is 107 Å². The molecule has 6 nitrogen and oxygen atoms in total. The lowest BCUT2D eigenvalue weighted by Gasteiger charge is -2.19. The fourth-order valence-corrected chi connectivity index (χ4v) is 3.45. The predicted molar refractivity (Wildman–Crippen MR) is 70.0 cm³/mol. The van der Waals surface area contributed by atoms with Gasteiger partial charge in [0, 0.05) is 6.54 Å². The van der Waals surface area contributed by atoms with Gasteiger partial charge in [-0.2, -0.15) is 13.1 Å². The summed E-state index contributed by atoms with van der Waals surface area (Å²) < 4.78 is 33.1. The first kappa shape index (κ1) is 13.1. The molecule has 0 radical (unpaired) electrons. The molecule has 1 heterocycles. The van der Waals surface area contributed by atoms with E-state index in [2.05, 4.69) is 4.72 Å². The molecule has 0 spiro atoms. The number of nitrogens with two attached hydrogens (primary N) is 1. The first-order valence-corrected chi connectivity index (χ1v) is 7.06. The van der Waals surface area contributed by atoms with Gasteiger partial charge in [-0.1, -0.05) is 6.07 Å². The van der Waals surface area contributed by atoms with Crippen molar-refractivity contribution in [1.82, 2.24) is 4.72 Å². The number of anilines is 1. The van der Waals surface area contributed by atoms with E-state index in [1.54, 1.807) is 12.1 Å². The second kappa shape index (κ2) is 4.75. The molecule has 100 valence electrons. The van der Waals surface area contributed by atoms with Crippen molar-refractivity contribution in [2.75, 3.05) is 24.5 Å². The second-order valence-electron chi connectivity index (χ2n) is 4.26. The van der Waals surface area contributed by atoms with E-state index in [-0.39, 0.29) is 12.6 Å². The van der Waals surface area contributed by atoms with E-state index in [1.165, 1.54) is 11.4 Å². The Morgan fingerprint density at radius 1 is 1.56 bits per heavy atom. The molecular weight excluding hydrogens is 254 g/mol. The molecule has 0 aliphatic carbocycles. The molecule has 1 atom stereocenters. The first-order valence-electron chi connectivity index (χ1n) is 5.62. The molecule has 0 saturated carbocycles. The SMILES string of the molecule is COc1ccc(C)cc1N1CC(CN)NS1(=O)=O. The minimum absolute atomic E-state index is 0.264. The van der Waals surface area contributed by atoms with Gasteiger partial charge in [0.1, 0.15) is 5.75 Å². The van der Waals surface area contributed by atoms with E-state index in [0.717, 1.165) is 5.56 Å². The van der Waals surface area contributed by atoms with Gasteiger partial charge in [0.05, 0.1) is 25.4 Å². The Morgan fingerprint density at radius 2 is 2.28 bits per heavy atom. The molecule has 7 heteroatoms. The maximum atomic E-state index is 12.0. The number of nitrogens with one attached hydrogen (secondary N) is 1. The number of ether oxygens (including phenoxy) is 1. The van der Waals surface area contributed by atoms with Crippen LogP contribution in [0.15, 0.2) is 18.2 Å². The Morgan fingerprint density at radius 3 is 2.83 bits per heavy atom. The van der Waals surface area contributed by atoms with Gasteiger partial charge in [-0.05, 0) is 24.6 Å². The maximum Gasteiger partial charge on any atom is 0.302 e. The molecule has 0 aromatic heterocycles. The van der Waals surface area contributed by atoms with E-state index < -0.39 is 10.2 Å². The van der Waals surface area contributed by atoms with Gasteiger partial charge in [0.2, 0.25) is 0 Å². The molecule has 1 unspecified atom stereocenters. The zero-order valence-corrected chi connectivity index (χ0v) is 11.2. The van der Waals surface area contributed by atoms with Gasteiger partial charge in [0.15, 0.2) is 0 Å². The van der Waals surface area contributed by atoms with Crippen molar-refractivity contribution in [3.63, 3.8) is 0 Å². The summed E-state index contributed by atoms with van der Waals surface area (Å²) in [4.78, 5) is 0. The molecule has 1 aliphatic heterocycles. The van der Waals surface area contributed by atoms with Crippen molar-refractivity contribution in [2.45, 2.75) is 13.0 Å². The van der Waals surface area contributed by atoms with Crippen LogP contribution in [0, 0.1) is 6.92 Å². The quantitative estimate of drug-likeness (QED) is 0.809. The number of aryl methyl sites for hydroxylation is 1. The summed E-state index contributed by atoms with van der Waals surface area (Å²) in [5, 5.41) is 0. The summed E-state index contributed by atoms with van der Waals surface area (Å²) >= 11 is 0. The highest BCUT2D eigenvalue weighted by Gasteiger charge is 2.36. The topological polar surface area (TPSA) is 84.7 Å². The van der Waals surface area contributed by atoms with Crippen LogP contribution in [0.4, 0.5) is 5.69 Å². The van der Waals surface area contributed by atoms with Gasteiger partial charge < -0.3 is 10.5 Å². The normalized spacial score (nSPS) is 22.2. The lowest BCUT2D eigenvalue weighted by Crippen LogP contribution is -2.34. The fourth-order valence-electron chi connectivity index (χ4n) is 1.96. The molecule has 3 N–H and O–H groups in total. The van der Waals surface area contributed by atoms with Crippen LogP contribution < -0.4 is 19.5 Å². The molecule has 1 aromatic carbocycles.